The molecule has 1 aromatic carbocycles. The molecule has 1 aromatic rings. The van der Waals surface area contributed by atoms with Crippen LogP contribution in [0.25, 0.3) is 0 Å². The van der Waals surface area contributed by atoms with E-state index in [1.165, 1.54) is 6.42 Å². The molecule has 4 nitrogen and oxygen atoms in total. The molecule has 0 aliphatic heterocycles. The van der Waals surface area contributed by atoms with Crippen molar-refractivity contribution in [2.75, 3.05) is 0 Å². The molecule has 0 saturated heterocycles. The minimum atomic E-state index is -0.822. The predicted molar refractivity (Wildman–Crippen MR) is 89.4 cm³/mol. The Kier molecular flexibility index (Phi) is 5.84. The zero-order valence-electron chi connectivity index (χ0n) is 15.1. The second-order valence-electron chi connectivity index (χ2n) is 7.79. The molecular weight excluding hydrogens is 292 g/mol. The van der Waals surface area contributed by atoms with Crippen LogP contribution in [0.1, 0.15) is 72.3 Å². The van der Waals surface area contributed by atoms with Crippen LogP contribution in [0, 0.1) is 0 Å². The van der Waals surface area contributed by atoms with Crippen LogP contribution >= 0.6 is 0 Å². The fourth-order valence-electron chi connectivity index (χ4n) is 2.54. The number of rotatable bonds is 6. The molecule has 4 heteroatoms. The van der Waals surface area contributed by atoms with Crippen molar-refractivity contribution in [1.82, 2.24) is 0 Å². The third kappa shape index (κ3) is 5.57. The molecule has 0 amide bonds. The minimum Gasteiger partial charge on any atom is -0.228 e. The van der Waals surface area contributed by atoms with Gasteiger partial charge in [-0.15, -0.1) is 0 Å². The summed E-state index contributed by atoms with van der Waals surface area (Å²) in [6.07, 6.45) is 4.82. The van der Waals surface area contributed by atoms with Crippen molar-refractivity contribution in [3.05, 3.63) is 35.9 Å². The van der Waals surface area contributed by atoms with E-state index >= 15 is 0 Å². The van der Waals surface area contributed by atoms with Crippen LogP contribution in [0.15, 0.2) is 30.3 Å². The Morgan fingerprint density at radius 1 is 0.783 bits per heavy atom. The summed E-state index contributed by atoms with van der Waals surface area (Å²) >= 11 is 0. The van der Waals surface area contributed by atoms with Gasteiger partial charge in [-0.05, 0) is 53.0 Å². The highest BCUT2D eigenvalue weighted by Gasteiger charge is 2.40. The average molecular weight is 322 g/mol. The number of benzene rings is 1. The molecule has 0 radical (unpaired) electrons. The maximum Gasteiger partial charge on any atom is 0.234 e. The summed E-state index contributed by atoms with van der Waals surface area (Å²) in [6, 6.07) is 10.0. The molecule has 1 aliphatic carbocycles. The van der Waals surface area contributed by atoms with Crippen LogP contribution < -0.4 is 0 Å². The Morgan fingerprint density at radius 2 is 1.35 bits per heavy atom. The van der Waals surface area contributed by atoms with Crippen LogP contribution in [-0.4, -0.2) is 11.4 Å². The Morgan fingerprint density at radius 3 is 1.91 bits per heavy atom. The van der Waals surface area contributed by atoms with Gasteiger partial charge < -0.3 is 0 Å². The van der Waals surface area contributed by atoms with Crippen molar-refractivity contribution >= 4 is 0 Å². The normalized spacial score (nSPS) is 18.8. The first-order valence-electron chi connectivity index (χ1n) is 8.52. The van der Waals surface area contributed by atoms with Gasteiger partial charge in [0, 0.05) is 12.8 Å². The molecule has 0 aromatic heterocycles. The third-order valence-electron chi connectivity index (χ3n) is 3.93. The summed E-state index contributed by atoms with van der Waals surface area (Å²) < 4.78 is 0. The SMILES string of the molecule is CC(C)(C)OOC1(OOC(C)(C)c2ccccc2)CCCCC1. The summed E-state index contributed by atoms with van der Waals surface area (Å²) in [5, 5.41) is 0. The molecule has 0 atom stereocenters. The minimum absolute atomic E-state index is 0.386. The monoisotopic (exact) mass is 322 g/mol. The summed E-state index contributed by atoms with van der Waals surface area (Å²) in [5.74, 6) is -0.822. The van der Waals surface area contributed by atoms with Crippen LogP contribution in [0.5, 0.6) is 0 Å². The van der Waals surface area contributed by atoms with Gasteiger partial charge in [-0.1, -0.05) is 36.8 Å². The first kappa shape index (κ1) is 18.4. The van der Waals surface area contributed by atoms with E-state index in [0.29, 0.717) is 0 Å². The molecule has 0 bridgehead atoms. The zero-order chi connectivity index (χ0) is 17.0. The van der Waals surface area contributed by atoms with E-state index in [0.717, 1.165) is 31.2 Å². The highest BCUT2D eigenvalue weighted by Crippen LogP contribution is 2.37. The molecule has 1 aliphatic rings. The fourth-order valence-corrected chi connectivity index (χ4v) is 2.54. The van der Waals surface area contributed by atoms with Gasteiger partial charge in [0.1, 0.15) is 5.60 Å². The number of hydrogen-bond donors (Lipinski definition) is 0. The van der Waals surface area contributed by atoms with Gasteiger partial charge in [0.15, 0.2) is 0 Å². The maximum atomic E-state index is 5.84. The van der Waals surface area contributed by atoms with Crippen LogP contribution in [-0.2, 0) is 25.2 Å². The van der Waals surface area contributed by atoms with E-state index in [4.69, 9.17) is 19.6 Å². The Bertz CT molecular complexity index is 470. The van der Waals surface area contributed by atoms with Gasteiger partial charge in [0.2, 0.25) is 5.79 Å². The summed E-state index contributed by atoms with van der Waals surface area (Å²) in [5.41, 5.74) is 0.113. The van der Waals surface area contributed by atoms with Crippen LogP contribution in [0.4, 0.5) is 0 Å². The van der Waals surface area contributed by atoms with Crippen molar-refractivity contribution in [2.24, 2.45) is 0 Å². The van der Waals surface area contributed by atoms with Crippen LogP contribution in [0.3, 0.4) is 0 Å². The Hall–Kier alpha value is -0.940. The molecule has 1 fully saturated rings. The molecule has 1 saturated carbocycles. The van der Waals surface area contributed by atoms with E-state index in [-0.39, 0.29) is 5.60 Å². The fraction of sp³-hybridized carbons (Fsp3) is 0.684. The third-order valence-corrected chi connectivity index (χ3v) is 3.93. The van der Waals surface area contributed by atoms with Gasteiger partial charge in [-0.3, -0.25) is 0 Å². The summed E-state index contributed by atoms with van der Waals surface area (Å²) in [6.45, 7) is 9.85. The maximum absolute atomic E-state index is 5.84. The second-order valence-corrected chi connectivity index (χ2v) is 7.79. The van der Waals surface area contributed by atoms with Gasteiger partial charge in [0.25, 0.3) is 0 Å². The van der Waals surface area contributed by atoms with Crippen LogP contribution in [0.2, 0.25) is 0 Å². The Balaban J connectivity index is 2.03. The molecule has 0 N–H and O–H groups in total. The standard InChI is InChI=1S/C19H30O4/c1-17(2,3)20-22-19(14-10-7-11-15-19)23-21-18(4,5)16-12-8-6-9-13-16/h6,8-9,12-13H,7,10-11,14-15H2,1-5H3. The lowest BCUT2D eigenvalue weighted by Gasteiger charge is -2.38. The molecule has 2 rings (SSSR count). The van der Waals surface area contributed by atoms with Crippen molar-refractivity contribution < 1.29 is 19.6 Å². The van der Waals surface area contributed by atoms with E-state index in [2.05, 4.69) is 0 Å². The van der Waals surface area contributed by atoms with Gasteiger partial charge in [-0.25, -0.2) is 9.78 Å². The first-order chi connectivity index (χ1) is 10.7. The molecule has 23 heavy (non-hydrogen) atoms. The highest BCUT2D eigenvalue weighted by atomic mass is 17.3. The zero-order valence-corrected chi connectivity index (χ0v) is 15.1. The summed E-state index contributed by atoms with van der Waals surface area (Å²) in [7, 11) is 0. The highest BCUT2D eigenvalue weighted by molar-refractivity contribution is 5.20. The van der Waals surface area contributed by atoms with Crippen molar-refractivity contribution in [3.63, 3.8) is 0 Å². The quantitative estimate of drug-likeness (QED) is 0.406. The Labute approximate surface area is 139 Å². The van der Waals surface area contributed by atoms with E-state index in [9.17, 15) is 0 Å². The second kappa shape index (κ2) is 7.31. The average Bonchev–Trinajstić information content (AvgIpc) is 2.53. The first-order valence-corrected chi connectivity index (χ1v) is 8.52. The van der Waals surface area contributed by atoms with Gasteiger partial charge in [-0.2, -0.15) is 9.78 Å². The lowest BCUT2D eigenvalue weighted by molar-refractivity contribution is -0.548. The molecule has 130 valence electrons. The smallest absolute Gasteiger partial charge is 0.228 e. The number of hydrogen-bond acceptors (Lipinski definition) is 4. The predicted octanol–water partition coefficient (Wildman–Crippen LogP) is 5.28. The summed E-state index contributed by atoms with van der Waals surface area (Å²) in [4.78, 5) is 22.9. The van der Waals surface area contributed by atoms with Gasteiger partial charge in [0.05, 0.1) is 5.60 Å². The molecule has 0 unspecified atom stereocenters. The lowest BCUT2D eigenvalue weighted by atomic mass is 9.94. The lowest BCUT2D eigenvalue weighted by Crippen LogP contribution is -2.42. The topological polar surface area (TPSA) is 36.9 Å². The van der Waals surface area contributed by atoms with Crippen molar-refractivity contribution in [3.8, 4) is 0 Å². The molecular formula is C19H30O4. The molecule has 0 spiro atoms. The van der Waals surface area contributed by atoms with E-state index in [1.54, 1.807) is 0 Å². The largest absolute Gasteiger partial charge is 0.234 e. The van der Waals surface area contributed by atoms with Crippen molar-refractivity contribution in [2.45, 2.75) is 83.7 Å². The van der Waals surface area contributed by atoms with Gasteiger partial charge >= 0.3 is 0 Å². The molecule has 0 heterocycles. The van der Waals surface area contributed by atoms with E-state index < -0.39 is 11.4 Å². The van der Waals surface area contributed by atoms with Crippen molar-refractivity contribution in [1.29, 1.82) is 0 Å². The van der Waals surface area contributed by atoms with E-state index in [1.807, 2.05) is 65.0 Å².